The summed E-state index contributed by atoms with van der Waals surface area (Å²) < 4.78 is 6.46. The molecule has 0 bridgehead atoms. The van der Waals surface area contributed by atoms with Crippen LogP contribution in [-0.2, 0) is 10.8 Å². The molecule has 0 aliphatic rings. The molecule has 0 atom stereocenters. The lowest BCUT2D eigenvalue weighted by atomic mass is 9.83. The van der Waals surface area contributed by atoms with Crippen molar-refractivity contribution >= 4 is 22.0 Å². The standard InChI is InChI=1S/C45H44N2O2/c1-27(2)31-22-35(42-40(25-31)49-43(47-42)37-26-33(44(3,4)5)17-18-39(37)48)30-16-12-15-29(21-30)34-23-32(28-13-10-9-11-14-28)24-36-38(45(6,7)8)19-20-46-41(34)36/h9-27,48H,1-8H3. The van der Waals surface area contributed by atoms with E-state index in [0.717, 1.165) is 50.0 Å². The number of aromatic hydroxyl groups is 1. The number of rotatable bonds is 5. The highest BCUT2D eigenvalue weighted by atomic mass is 16.3. The van der Waals surface area contributed by atoms with Gasteiger partial charge in [0.25, 0.3) is 0 Å². The maximum Gasteiger partial charge on any atom is 0.231 e. The number of hydrogen-bond acceptors (Lipinski definition) is 4. The molecular formula is C45H44N2O2. The number of nitrogens with zero attached hydrogens (tertiary/aromatic N) is 2. The van der Waals surface area contributed by atoms with Gasteiger partial charge >= 0.3 is 0 Å². The molecule has 246 valence electrons. The second-order valence-electron chi connectivity index (χ2n) is 15.5. The number of oxazole rings is 1. The molecule has 7 rings (SSSR count). The van der Waals surface area contributed by atoms with Crippen LogP contribution in [0.4, 0.5) is 0 Å². The van der Waals surface area contributed by atoms with Crippen LogP contribution in [0.15, 0.2) is 114 Å². The molecule has 0 aliphatic carbocycles. The van der Waals surface area contributed by atoms with Gasteiger partial charge in [0.15, 0.2) is 5.58 Å². The smallest absolute Gasteiger partial charge is 0.231 e. The fraction of sp³-hybridized carbons (Fsp3) is 0.244. The first-order valence-corrected chi connectivity index (χ1v) is 17.2. The predicted molar refractivity (Wildman–Crippen MR) is 204 cm³/mol. The highest BCUT2D eigenvalue weighted by Crippen LogP contribution is 2.42. The van der Waals surface area contributed by atoms with Crippen LogP contribution in [0.3, 0.4) is 0 Å². The third-order valence-corrected chi connectivity index (χ3v) is 9.52. The lowest BCUT2D eigenvalue weighted by Crippen LogP contribution is -2.12. The second-order valence-corrected chi connectivity index (χ2v) is 15.5. The van der Waals surface area contributed by atoms with Gasteiger partial charge in [-0.3, -0.25) is 4.98 Å². The average molecular weight is 645 g/mol. The second kappa shape index (κ2) is 12.0. The van der Waals surface area contributed by atoms with Crippen molar-refractivity contribution in [3.05, 3.63) is 126 Å². The molecule has 0 saturated carbocycles. The van der Waals surface area contributed by atoms with E-state index in [2.05, 4.69) is 140 Å². The first-order chi connectivity index (χ1) is 23.3. The van der Waals surface area contributed by atoms with E-state index in [9.17, 15) is 5.11 Å². The third-order valence-electron chi connectivity index (χ3n) is 9.52. The molecule has 4 nitrogen and oxygen atoms in total. The van der Waals surface area contributed by atoms with Gasteiger partial charge in [-0.05, 0) is 104 Å². The van der Waals surface area contributed by atoms with Crippen LogP contribution in [0.5, 0.6) is 5.75 Å². The van der Waals surface area contributed by atoms with E-state index in [1.165, 1.54) is 16.5 Å². The van der Waals surface area contributed by atoms with Gasteiger partial charge in [-0.15, -0.1) is 0 Å². The van der Waals surface area contributed by atoms with Crippen LogP contribution in [0.25, 0.3) is 66.8 Å². The van der Waals surface area contributed by atoms with Gasteiger partial charge in [-0.1, -0.05) is 110 Å². The summed E-state index contributed by atoms with van der Waals surface area (Å²) in [5.74, 6) is 0.848. The minimum atomic E-state index is -0.0879. The van der Waals surface area contributed by atoms with E-state index in [0.29, 0.717) is 17.0 Å². The van der Waals surface area contributed by atoms with Crippen molar-refractivity contribution in [2.45, 2.75) is 72.1 Å². The summed E-state index contributed by atoms with van der Waals surface area (Å²) in [5, 5.41) is 12.1. The van der Waals surface area contributed by atoms with Crippen LogP contribution in [0.1, 0.15) is 78.0 Å². The SMILES string of the molecule is CC(C)c1cc(-c2cccc(-c3cc(-c4ccccc4)cc4c(C(C)(C)C)ccnc34)c2)c2nc(-c3cc(C(C)(C)C)ccc3O)oc2c1. The first kappa shape index (κ1) is 32.3. The van der Waals surface area contributed by atoms with Crippen LogP contribution in [0, 0.1) is 0 Å². The molecule has 0 saturated heterocycles. The number of phenolic OH excluding ortho intramolecular Hbond substituents is 1. The Bertz CT molecular complexity index is 2330. The van der Waals surface area contributed by atoms with E-state index in [1.807, 2.05) is 18.3 Å². The lowest BCUT2D eigenvalue weighted by Gasteiger charge is -2.22. The summed E-state index contributed by atoms with van der Waals surface area (Å²) in [4.78, 5) is 10.0. The van der Waals surface area contributed by atoms with Crippen molar-refractivity contribution < 1.29 is 9.52 Å². The van der Waals surface area contributed by atoms with Gasteiger partial charge in [-0.25, -0.2) is 4.98 Å². The highest BCUT2D eigenvalue weighted by molar-refractivity contribution is 6.01. The number of pyridine rings is 1. The number of phenols is 1. The summed E-state index contributed by atoms with van der Waals surface area (Å²) in [7, 11) is 0. The van der Waals surface area contributed by atoms with Crippen LogP contribution in [0.2, 0.25) is 0 Å². The Hall–Kier alpha value is -5.22. The summed E-state index contributed by atoms with van der Waals surface area (Å²) in [5.41, 5.74) is 13.0. The fourth-order valence-electron chi connectivity index (χ4n) is 6.67. The van der Waals surface area contributed by atoms with Gasteiger partial charge in [-0.2, -0.15) is 0 Å². The monoisotopic (exact) mass is 644 g/mol. The summed E-state index contributed by atoms with van der Waals surface area (Å²) in [6.45, 7) is 17.6. The summed E-state index contributed by atoms with van der Waals surface area (Å²) in [6.07, 6.45) is 1.94. The quantitative estimate of drug-likeness (QED) is 0.203. The van der Waals surface area contributed by atoms with Crippen LogP contribution in [-0.4, -0.2) is 15.1 Å². The number of aromatic nitrogens is 2. The minimum Gasteiger partial charge on any atom is -0.507 e. The maximum absolute atomic E-state index is 10.9. The summed E-state index contributed by atoms with van der Waals surface area (Å²) in [6, 6.07) is 36.0. The lowest BCUT2D eigenvalue weighted by molar-refractivity contribution is 0.473. The van der Waals surface area contributed by atoms with Crippen LogP contribution < -0.4 is 0 Å². The van der Waals surface area contributed by atoms with Crippen molar-refractivity contribution in [1.82, 2.24) is 9.97 Å². The van der Waals surface area contributed by atoms with E-state index >= 15 is 0 Å². The Morgan fingerprint density at radius 3 is 1.98 bits per heavy atom. The number of fused-ring (bicyclic) bond motifs is 2. The molecule has 1 N–H and O–H groups in total. The number of hydrogen-bond donors (Lipinski definition) is 1. The van der Waals surface area contributed by atoms with Gasteiger partial charge in [0.2, 0.25) is 5.89 Å². The Labute approximate surface area is 289 Å². The largest absolute Gasteiger partial charge is 0.507 e. The molecule has 2 aromatic heterocycles. The van der Waals surface area contributed by atoms with Crippen molar-refractivity contribution in [2.75, 3.05) is 0 Å². The topological polar surface area (TPSA) is 59.2 Å². The van der Waals surface area contributed by atoms with E-state index < -0.39 is 0 Å². The molecule has 2 heterocycles. The van der Waals surface area contributed by atoms with Gasteiger partial charge < -0.3 is 9.52 Å². The molecule has 0 aliphatic heterocycles. The Morgan fingerprint density at radius 2 is 1.31 bits per heavy atom. The van der Waals surface area contributed by atoms with Crippen molar-refractivity contribution in [1.29, 1.82) is 0 Å². The zero-order valence-corrected chi connectivity index (χ0v) is 29.7. The molecule has 0 unspecified atom stereocenters. The van der Waals surface area contributed by atoms with Gasteiger partial charge in [0.1, 0.15) is 11.3 Å². The molecule has 7 aromatic rings. The number of benzene rings is 5. The maximum atomic E-state index is 10.9. The Kier molecular flexibility index (Phi) is 7.94. The van der Waals surface area contributed by atoms with Crippen molar-refractivity contribution in [3.8, 4) is 50.6 Å². The molecule has 0 spiro atoms. The third kappa shape index (κ3) is 6.12. The zero-order chi connectivity index (χ0) is 34.7. The van der Waals surface area contributed by atoms with E-state index in [-0.39, 0.29) is 22.5 Å². The predicted octanol–water partition coefficient (Wildman–Crippen LogP) is 12.5. The minimum absolute atomic E-state index is 0.0516. The molecule has 4 heteroatoms. The zero-order valence-electron chi connectivity index (χ0n) is 29.7. The molecule has 0 radical (unpaired) electrons. The first-order valence-electron chi connectivity index (χ1n) is 17.2. The average Bonchev–Trinajstić information content (AvgIpc) is 3.51. The van der Waals surface area contributed by atoms with Gasteiger partial charge in [0, 0.05) is 22.7 Å². The van der Waals surface area contributed by atoms with Gasteiger partial charge in [0.05, 0.1) is 11.1 Å². The van der Waals surface area contributed by atoms with Crippen molar-refractivity contribution in [3.63, 3.8) is 0 Å². The van der Waals surface area contributed by atoms with Crippen molar-refractivity contribution in [2.24, 2.45) is 0 Å². The Morgan fingerprint density at radius 1 is 0.612 bits per heavy atom. The normalized spacial score (nSPS) is 12.3. The fourth-order valence-corrected chi connectivity index (χ4v) is 6.67. The molecule has 0 amide bonds. The van der Waals surface area contributed by atoms with Crippen LogP contribution >= 0.6 is 0 Å². The molecule has 5 aromatic carbocycles. The molecule has 49 heavy (non-hydrogen) atoms. The van der Waals surface area contributed by atoms with E-state index in [4.69, 9.17) is 14.4 Å². The molecular weight excluding hydrogens is 601 g/mol. The van der Waals surface area contributed by atoms with E-state index in [1.54, 1.807) is 6.07 Å². The summed E-state index contributed by atoms with van der Waals surface area (Å²) >= 11 is 0. The highest BCUT2D eigenvalue weighted by Gasteiger charge is 2.23. The Balaban J connectivity index is 1.44. The molecule has 0 fully saturated rings.